The molecule has 0 bridgehead atoms. The molecule has 144 valence electrons. The van der Waals surface area contributed by atoms with Crippen LogP contribution < -0.4 is 5.73 Å². The molecule has 7 heteroatoms. The van der Waals surface area contributed by atoms with Gasteiger partial charge in [-0.15, -0.1) is 12.4 Å². The number of hydrogen-bond donors (Lipinski definition) is 1. The van der Waals surface area contributed by atoms with Gasteiger partial charge in [-0.3, -0.25) is 9.59 Å². The molecule has 3 rings (SSSR count). The van der Waals surface area contributed by atoms with E-state index in [0.29, 0.717) is 49.2 Å². The van der Waals surface area contributed by atoms with Crippen molar-refractivity contribution in [2.45, 2.75) is 25.7 Å². The maximum absolute atomic E-state index is 12.9. The topological polar surface area (TPSA) is 66.6 Å². The Balaban J connectivity index is 0.00000243. The third kappa shape index (κ3) is 4.70. The highest BCUT2D eigenvalue weighted by Gasteiger charge is 2.35. The summed E-state index contributed by atoms with van der Waals surface area (Å²) in [5, 5.41) is 0.562. The van der Waals surface area contributed by atoms with Crippen LogP contribution in [-0.4, -0.2) is 54.3 Å². The van der Waals surface area contributed by atoms with E-state index in [0.717, 1.165) is 25.7 Å². The molecule has 1 aliphatic carbocycles. The molecule has 1 saturated heterocycles. The lowest BCUT2D eigenvalue weighted by Gasteiger charge is -2.27. The molecule has 1 aliphatic heterocycles. The highest BCUT2D eigenvalue weighted by molar-refractivity contribution is 6.30. The van der Waals surface area contributed by atoms with Crippen LogP contribution in [0.3, 0.4) is 0 Å². The summed E-state index contributed by atoms with van der Waals surface area (Å²) in [4.78, 5) is 29.3. The monoisotopic (exact) mass is 399 g/mol. The first-order valence-corrected chi connectivity index (χ1v) is 9.51. The fraction of sp³-hybridized carbons (Fsp3) is 0.579. The van der Waals surface area contributed by atoms with Crippen LogP contribution in [0.5, 0.6) is 0 Å². The first-order chi connectivity index (χ1) is 12.1. The van der Waals surface area contributed by atoms with Gasteiger partial charge in [0.2, 0.25) is 5.91 Å². The number of nitrogens with zero attached hydrogens (tertiary/aromatic N) is 2. The smallest absolute Gasteiger partial charge is 0.253 e. The van der Waals surface area contributed by atoms with Crippen molar-refractivity contribution in [3.8, 4) is 0 Å². The number of nitrogens with two attached hydrogens (primary N) is 1. The number of amides is 2. The minimum absolute atomic E-state index is 0. The summed E-state index contributed by atoms with van der Waals surface area (Å²) in [6.45, 7) is 3.13. The van der Waals surface area contributed by atoms with Crippen molar-refractivity contribution in [1.29, 1.82) is 0 Å². The van der Waals surface area contributed by atoms with Crippen LogP contribution >= 0.6 is 24.0 Å². The Morgan fingerprint density at radius 3 is 2.54 bits per heavy atom. The molecule has 2 amide bonds. The van der Waals surface area contributed by atoms with Gasteiger partial charge in [-0.25, -0.2) is 0 Å². The van der Waals surface area contributed by atoms with Crippen LogP contribution in [0.2, 0.25) is 5.02 Å². The fourth-order valence-corrected chi connectivity index (χ4v) is 4.21. The summed E-state index contributed by atoms with van der Waals surface area (Å²) in [6, 6.07) is 7.03. The fourth-order valence-electron chi connectivity index (χ4n) is 4.02. The minimum Gasteiger partial charge on any atom is -0.341 e. The molecule has 0 aromatic heterocycles. The maximum atomic E-state index is 12.9. The molecule has 2 fully saturated rings. The molecule has 0 unspecified atom stereocenters. The highest BCUT2D eigenvalue weighted by Crippen LogP contribution is 2.32. The van der Waals surface area contributed by atoms with Gasteiger partial charge in [-0.1, -0.05) is 24.1 Å². The summed E-state index contributed by atoms with van der Waals surface area (Å²) in [7, 11) is 0. The quantitative estimate of drug-likeness (QED) is 0.849. The predicted octanol–water partition coefficient (Wildman–Crippen LogP) is 2.81. The molecule has 2 aliphatic rings. The van der Waals surface area contributed by atoms with E-state index in [9.17, 15) is 9.59 Å². The number of carbonyl (C=O) groups is 2. The van der Waals surface area contributed by atoms with E-state index in [1.807, 2.05) is 9.80 Å². The number of rotatable bonds is 3. The standard InChI is InChI=1S/C19H26ClN3O2.ClH/c20-16-6-1-4-14(12-16)18(24)22-8-3-9-23(11-10-22)19(25)17-7-2-5-15(17)13-21;/h1,4,6,12,15,17H,2-3,5,7-11,13,21H2;1H/t15-,17-;/m1./s1. The number of benzene rings is 1. The van der Waals surface area contributed by atoms with Crippen molar-refractivity contribution in [3.63, 3.8) is 0 Å². The van der Waals surface area contributed by atoms with E-state index in [-0.39, 0.29) is 30.1 Å². The Bertz CT molecular complexity index is 641. The molecule has 1 aromatic carbocycles. The maximum Gasteiger partial charge on any atom is 0.253 e. The van der Waals surface area contributed by atoms with Gasteiger partial charge in [0.1, 0.15) is 0 Å². The first kappa shape index (κ1) is 21.0. The lowest BCUT2D eigenvalue weighted by atomic mass is 9.94. The molecule has 1 aromatic rings. The van der Waals surface area contributed by atoms with Gasteiger partial charge in [0, 0.05) is 42.7 Å². The van der Waals surface area contributed by atoms with E-state index in [4.69, 9.17) is 17.3 Å². The van der Waals surface area contributed by atoms with Crippen LogP contribution in [0.15, 0.2) is 24.3 Å². The molecular weight excluding hydrogens is 373 g/mol. The second kappa shape index (κ2) is 9.58. The Morgan fingerprint density at radius 2 is 1.81 bits per heavy atom. The van der Waals surface area contributed by atoms with Gasteiger partial charge in [0.15, 0.2) is 0 Å². The van der Waals surface area contributed by atoms with Gasteiger partial charge < -0.3 is 15.5 Å². The van der Waals surface area contributed by atoms with Crippen LogP contribution in [0.1, 0.15) is 36.0 Å². The molecule has 0 radical (unpaired) electrons. The number of halogens is 2. The Labute approximate surface area is 166 Å². The molecule has 2 atom stereocenters. The number of hydrogen-bond acceptors (Lipinski definition) is 3. The molecule has 1 heterocycles. The van der Waals surface area contributed by atoms with Gasteiger partial charge in [-0.2, -0.15) is 0 Å². The van der Waals surface area contributed by atoms with Crippen molar-refractivity contribution in [1.82, 2.24) is 9.80 Å². The molecular formula is C19H27Cl2N3O2. The second-order valence-corrected chi connectivity index (χ2v) is 7.45. The SMILES string of the molecule is Cl.NC[C@H]1CCC[C@H]1C(=O)N1CCCN(C(=O)c2cccc(Cl)c2)CC1. The predicted molar refractivity (Wildman–Crippen MR) is 106 cm³/mol. The molecule has 5 nitrogen and oxygen atoms in total. The molecule has 26 heavy (non-hydrogen) atoms. The zero-order chi connectivity index (χ0) is 17.8. The highest BCUT2D eigenvalue weighted by atomic mass is 35.5. The van der Waals surface area contributed by atoms with Gasteiger partial charge in [0.05, 0.1) is 0 Å². The van der Waals surface area contributed by atoms with E-state index < -0.39 is 0 Å². The van der Waals surface area contributed by atoms with Crippen molar-refractivity contribution in [2.75, 3.05) is 32.7 Å². The normalized spacial score (nSPS) is 23.3. The van der Waals surface area contributed by atoms with Crippen molar-refractivity contribution < 1.29 is 9.59 Å². The Hall–Kier alpha value is -1.30. The second-order valence-electron chi connectivity index (χ2n) is 7.01. The Kier molecular flexibility index (Phi) is 7.74. The van der Waals surface area contributed by atoms with E-state index in [1.54, 1.807) is 24.3 Å². The average Bonchev–Trinajstić information content (AvgIpc) is 2.96. The summed E-state index contributed by atoms with van der Waals surface area (Å²) >= 11 is 5.99. The first-order valence-electron chi connectivity index (χ1n) is 9.14. The van der Waals surface area contributed by atoms with Gasteiger partial charge >= 0.3 is 0 Å². The van der Waals surface area contributed by atoms with Crippen molar-refractivity contribution >= 4 is 35.8 Å². The van der Waals surface area contributed by atoms with Gasteiger partial charge in [0.25, 0.3) is 5.91 Å². The van der Waals surface area contributed by atoms with E-state index >= 15 is 0 Å². The zero-order valence-electron chi connectivity index (χ0n) is 14.9. The lowest BCUT2D eigenvalue weighted by molar-refractivity contribution is -0.136. The van der Waals surface area contributed by atoms with E-state index in [1.165, 1.54) is 0 Å². The minimum atomic E-state index is -0.0162. The Morgan fingerprint density at radius 1 is 1.08 bits per heavy atom. The molecule has 2 N–H and O–H groups in total. The summed E-state index contributed by atoms with van der Waals surface area (Å²) in [5.41, 5.74) is 6.43. The van der Waals surface area contributed by atoms with Crippen LogP contribution in [-0.2, 0) is 4.79 Å². The van der Waals surface area contributed by atoms with Crippen LogP contribution in [0, 0.1) is 11.8 Å². The molecule has 0 spiro atoms. The molecule has 1 saturated carbocycles. The van der Waals surface area contributed by atoms with E-state index in [2.05, 4.69) is 0 Å². The summed E-state index contributed by atoms with van der Waals surface area (Å²) in [5.74, 6) is 0.600. The zero-order valence-corrected chi connectivity index (χ0v) is 16.5. The average molecular weight is 400 g/mol. The van der Waals surface area contributed by atoms with Crippen molar-refractivity contribution in [2.24, 2.45) is 17.6 Å². The summed E-state index contributed by atoms with van der Waals surface area (Å²) < 4.78 is 0. The van der Waals surface area contributed by atoms with Crippen LogP contribution in [0.25, 0.3) is 0 Å². The largest absolute Gasteiger partial charge is 0.341 e. The third-order valence-corrected chi connectivity index (χ3v) is 5.68. The third-order valence-electron chi connectivity index (χ3n) is 5.45. The van der Waals surface area contributed by atoms with Gasteiger partial charge in [-0.05, 0) is 49.9 Å². The number of carbonyl (C=O) groups excluding carboxylic acids is 2. The van der Waals surface area contributed by atoms with Crippen molar-refractivity contribution in [3.05, 3.63) is 34.9 Å². The lowest BCUT2D eigenvalue weighted by Crippen LogP contribution is -2.41. The van der Waals surface area contributed by atoms with Crippen LogP contribution in [0.4, 0.5) is 0 Å². The summed E-state index contributed by atoms with van der Waals surface area (Å²) in [6.07, 6.45) is 3.89.